The SMILES string of the molecule is COc1cc(Nc2ncnc(-n3ccc4cc(O)ccc43)n2)cc(OC)c1OC. The Kier molecular flexibility index (Phi) is 4.78. The fourth-order valence-electron chi connectivity index (χ4n) is 3.05. The number of nitrogens with zero attached hydrogens (tertiary/aromatic N) is 4. The summed E-state index contributed by atoms with van der Waals surface area (Å²) in [6.07, 6.45) is 3.26. The Morgan fingerprint density at radius 2 is 1.69 bits per heavy atom. The highest BCUT2D eigenvalue weighted by Gasteiger charge is 2.14. The molecule has 2 aromatic carbocycles. The van der Waals surface area contributed by atoms with E-state index >= 15 is 0 Å². The van der Waals surface area contributed by atoms with Crippen molar-refractivity contribution in [3.8, 4) is 28.9 Å². The molecule has 0 radical (unpaired) electrons. The van der Waals surface area contributed by atoms with Gasteiger partial charge in [0.05, 0.1) is 26.8 Å². The predicted octanol–water partition coefficient (Wildman–Crippen LogP) is 3.29. The van der Waals surface area contributed by atoms with Crippen molar-refractivity contribution in [2.75, 3.05) is 26.6 Å². The van der Waals surface area contributed by atoms with Gasteiger partial charge in [0.25, 0.3) is 0 Å². The van der Waals surface area contributed by atoms with E-state index in [-0.39, 0.29) is 5.75 Å². The molecule has 0 saturated heterocycles. The minimum absolute atomic E-state index is 0.204. The lowest BCUT2D eigenvalue weighted by Gasteiger charge is -2.14. The number of nitrogens with one attached hydrogen (secondary N) is 1. The highest BCUT2D eigenvalue weighted by molar-refractivity contribution is 5.82. The van der Waals surface area contributed by atoms with E-state index in [1.54, 1.807) is 51.7 Å². The minimum Gasteiger partial charge on any atom is -0.508 e. The number of hydrogen-bond acceptors (Lipinski definition) is 8. The molecule has 4 aromatic rings. The first-order valence-corrected chi connectivity index (χ1v) is 8.69. The Morgan fingerprint density at radius 3 is 2.38 bits per heavy atom. The summed E-state index contributed by atoms with van der Waals surface area (Å²) < 4.78 is 17.9. The predicted molar refractivity (Wildman–Crippen MR) is 108 cm³/mol. The number of benzene rings is 2. The molecule has 0 atom stereocenters. The molecule has 9 nitrogen and oxygen atoms in total. The van der Waals surface area contributed by atoms with Crippen molar-refractivity contribution in [3.63, 3.8) is 0 Å². The van der Waals surface area contributed by atoms with E-state index in [0.29, 0.717) is 34.8 Å². The van der Waals surface area contributed by atoms with Crippen LogP contribution >= 0.6 is 0 Å². The third kappa shape index (κ3) is 3.45. The number of phenolic OH excluding ortho intramolecular Hbond substituents is 1. The summed E-state index contributed by atoms with van der Waals surface area (Å²) in [5, 5.41) is 13.7. The van der Waals surface area contributed by atoms with Gasteiger partial charge >= 0.3 is 0 Å². The van der Waals surface area contributed by atoms with Crippen LogP contribution in [0.4, 0.5) is 11.6 Å². The standard InChI is InChI=1S/C20H19N5O4/c1-27-16-9-13(10-17(28-2)18(16)29-3)23-19-21-11-22-20(24-19)25-7-6-12-8-14(26)4-5-15(12)25/h4-11,26H,1-3H3,(H,21,22,23,24). The van der Waals surface area contributed by atoms with Crippen molar-refractivity contribution in [3.05, 3.63) is 48.9 Å². The number of methoxy groups -OCH3 is 3. The van der Waals surface area contributed by atoms with Gasteiger partial charge in [-0.05, 0) is 24.3 Å². The van der Waals surface area contributed by atoms with Crippen LogP contribution in [0, 0.1) is 0 Å². The summed E-state index contributed by atoms with van der Waals surface area (Å²) >= 11 is 0. The summed E-state index contributed by atoms with van der Waals surface area (Å²) in [6.45, 7) is 0. The van der Waals surface area contributed by atoms with Crippen LogP contribution in [0.5, 0.6) is 23.0 Å². The quantitative estimate of drug-likeness (QED) is 0.514. The normalized spacial score (nSPS) is 10.7. The van der Waals surface area contributed by atoms with Gasteiger partial charge < -0.3 is 24.6 Å². The van der Waals surface area contributed by atoms with E-state index in [1.165, 1.54) is 6.33 Å². The molecule has 29 heavy (non-hydrogen) atoms. The maximum atomic E-state index is 9.65. The van der Waals surface area contributed by atoms with Gasteiger partial charge in [0.2, 0.25) is 17.6 Å². The van der Waals surface area contributed by atoms with Crippen LogP contribution in [-0.2, 0) is 0 Å². The summed E-state index contributed by atoms with van der Waals surface area (Å²) in [7, 11) is 4.65. The molecule has 0 aliphatic rings. The Morgan fingerprint density at radius 1 is 0.931 bits per heavy atom. The second-order valence-electron chi connectivity index (χ2n) is 6.08. The molecule has 148 valence electrons. The van der Waals surface area contributed by atoms with E-state index in [9.17, 15) is 5.11 Å². The average molecular weight is 393 g/mol. The Bertz CT molecular complexity index is 1150. The zero-order chi connectivity index (χ0) is 20.4. The molecule has 4 rings (SSSR count). The molecule has 0 unspecified atom stereocenters. The number of rotatable bonds is 6. The number of hydrogen-bond donors (Lipinski definition) is 2. The van der Waals surface area contributed by atoms with Crippen molar-refractivity contribution in [1.29, 1.82) is 0 Å². The lowest BCUT2D eigenvalue weighted by molar-refractivity contribution is 0.324. The van der Waals surface area contributed by atoms with Gasteiger partial charge in [-0.1, -0.05) is 0 Å². The van der Waals surface area contributed by atoms with Gasteiger partial charge in [-0.3, -0.25) is 4.57 Å². The molecule has 0 aliphatic heterocycles. The summed E-state index contributed by atoms with van der Waals surface area (Å²) in [5.41, 5.74) is 1.53. The van der Waals surface area contributed by atoms with Gasteiger partial charge in [-0.2, -0.15) is 4.98 Å². The first-order chi connectivity index (χ1) is 14.1. The number of aromatic nitrogens is 4. The molecular weight excluding hydrogens is 374 g/mol. The lowest BCUT2D eigenvalue weighted by atomic mass is 10.2. The van der Waals surface area contributed by atoms with Crippen molar-refractivity contribution < 1.29 is 19.3 Å². The fraction of sp³-hybridized carbons (Fsp3) is 0.150. The van der Waals surface area contributed by atoms with E-state index in [4.69, 9.17) is 14.2 Å². The monoisotopic (exact) mass is 393 g/mol. The summed E-state index contributed by atoms with van der Waals surface area (Å²) in [4.78, 5) is 12.9. The maximum absolute atomic E-state index is 9.65. The smallest absolute Gasteiger partial charge is 0.238 e. The summed E-state index contributed by atoms with van der Waals surface area (Å²) in [5.74, 6) is 2.52. The van der Waals surface area contributed by atoms with Gasteiger partial charge in [0.1, 0.15) is 12.1 Å². The third-order valence-electron chi connectivity index (χ3n) is 4.37. The molecule has 0 bridgehead atoms. The minimum atomic E-state index is 0.204. The number of ether oxygens (including phenoxy) is 3. The number of aromatic hydroxyl groups is 1. The molecule has 0 saturated carbocycles. The largest absolute Gasteiger partial charge is 0.508 e. The second kappa shape index (κ2) is 7.55. The number of phenols is 1. The molecular formula is C20H19N5O4. The van der Waals surface area contributed by atoms with Gasteiger partial charge in [0.15, 0.2) is 11.5 Å². The maximum Gasteiger partial charge on any atom is 0.238 e. The molecule has 2 heterocycles. The molecule has 9 heteroatoms. The van der Waals surface area contributed by atoms with E-state index in [1.807, 2.05) is 16.8 Å². The third-order valence-corrected chi connectivity index (χ3v) is 4.37. The fourth-order valence-corrected chi connectivity index (χ4v) is 3.05. The number of anilines is 2. The first-order valence-electron chi connectivity index (χ1n) is 8.69. The Balaban J connectivity index is 1.69. The zero-order valence-corrected chi connectivity index (χ0v) is 16.1. The van der Waals surface area contributed by atoms with Crippen LogP contribution in [-0.4, -0.2) is 46.0 Å². The van der Waals surface area contributed by atoms with Crippen molar-refractivity contribution in [2.45, 2.75) is 0 Å². The highest BCUT2D eigenvalue weighted by Crippen LogP contribution is 2.40. The van der Waals surface area contributed by atoms with Crippen LogP contribution in [0.15, 0.2) is 48.9 Å². The van der Waals surface area contributed by atoms with E-state index < -0.39 is 0 Å². The van der Waals surface area contributed by atoms with Gasteiger partial charge in [0, 0.05) is 29.4 Å². The van der Waals surface area contributed by atoms with Crippen LogP contribution in [0.1, 0.15) is 0 Å². The second-order valence-corrected chi connectivity index (χ2v) is 6.08. The molecule has 2 aromatic heterocycles. The molecule has 0 spiro atoms. The van der Waals surface area contributed by atoms with Crippen LogP contribution in [0.3, 0.4) is 0 Å². The lowest BCUT2D eigenvalue weighted by Crippen LogP contribution is -2.05. The Hall–Kier alpha value is -4.01. The average Bonchev–Trinajstić information content (AvgIpc) is 3.16. The van der Waals surface area contributed by atoms with Gasteiger partial charge in [-0.15, -0.1) is 0 Å². The van der Waals surface area contributed by atoms with Crippen molar-refractivity contribution >= 4 is 22.5 Å². The zero-order valence-electron chi connectivity index (χ0n) is 16.1. The Labute approximate surface area is 166 Å². The molecule has 2 N–H and O–H groups in total. The first kappa shape index (κ1) is 18.4. The molecule has 0 amide bonds. The molecule has 0 fully saturated rings. The van der Waals surface area contributed by atoms with Gasteiger partial charge in [-0.25, -0.2) is 9.97 Å². The number of fused-ring (bicyclic) bond motifs is 1. The molecule has 0 aliphatic carbocycles. The summed E-state index contributed by atoms with van der Waals surface area (Å²) in [6, 6.07) is 10.5. The van der Waals surface area contributed by atoms with E-state index in [2.05, 4.69) is 20.3 Å². The van der Waals surface area contributed by atoms with Crippen LogP contribution in [0.2, 0.25) is 0 Å². The van der Waals surface area contributed by atoms with Crippen LogP contribution < -0.4 is 19.5 Å². The van der Waals surface area contributed by atoms with E-state index in [0.717, 1.165) is 10.9 Å². The van der Waals surface area contributed by atoms with Crippen LogP contribution in [0.25, 0.3) is 16.9 Å². The highest BCUT2D eigenvalue weighted by atomic mass is 16.5. The van der Waals surface area contributed by atoms with Crippen molar-refractivity contribution in [2.24, 2.45) is 0 Å². The topological polar surface area (TPSA) is 104 Å². The van der Waals surface area contributed by atoms with Crippen molar-refractivity contribution in [1.82, 2.24) is 19.5 Å².